The number of hydrogen-bond acceptors (Lipinski definition) is 3. The lowest BCUT2D eigenvalue weighted by Gasteiger charge is -2.40. The van der Waals surface area contributed by atoms with Crippen molar-refractivity contribution in [3.8, 4) is 0 Å². The van der Waals surface area contributed by atoms with Crippen LogP contribution in [0.5, 0.6) is 0 Å². The molecule has 1 saturated heterocycles. The van der Waals surface area contributed by atoms with Gasteiger partial charge in [0.1, 0.15) is 7.14 Å². The molecule has 0 atom stereocenters. The van der Waals surface area contributed by atoms with E-state index in [2.05, 4.69) is 0 Å². The summed E-state index contributed by atoms with van der Waals surface area (Å²) >= 11 is 1.77. The van der Waals surface area contributed by atoms with E-state index in [9.17, 15) is 4.57 Å². The molecule has 0 spiro atoms. The van der Waals surface area contributed by atoms with Crippen molar-refractivity contribution in [2.45, 2.75) is 5.28 Å². The summed E-state index contributed by atoms with van der Waals surface area (Å²) in [6.45, 7) is 3.54. The zero-order valence-electron chi connectivity index (χ0n) is 6.16. The van der Waals surface area contributed by atoms with Gasteiger partial charge >= 0.3 is 0 Å². The molecule has 1 aliphatic rings. The molecule has 0 radical (unpaired) electrons. The lowest BCUT2D eigenvalue weighted by atomic mass is 10.4. The predicted octanol–water partition coefficient (Wildman–Crippen LogP) is 1.43. The van der Waals surface area contributed by atoms with Crippen LogP contribution < -0.4 is 5.73 Å². The lowest BCUT2D eigenvalue weighted by molar-refractivity contribution is 0.550. The Kier molecular flexibility index (Phi) is 3.31. The molecule has 0 amide bonds. The first-order valence-electron chi connectivity index (χ1n) is 2.87. The summed E-state index contributed by atoms with van der Waals surface area (Å²) in [4.78, 5) is 0. The molecule has 1 heterocycles. The molecule has 0 aromatic carbocycles. The molecule has 10 heavy (non-hydrogen) atoms. The molecule has 0 bridgehead atoms. The third kappa shape index (κ3) is 1.70. The van der Waals surface area contributed by atoms with Gasteiger partial charge < -0.3 is 10.3 Å². The van der Waals surface area contributed by atoms with Gasteiger partial charge in [-0.2, -0.15) is 11.8 Å². The summed E-state index contributed by atoms with van der Waals surface area (Å²) in [7, 11) is -2.02. The van der Waals surface area contributed by atoms with Gasteiger partial charge in [0.2, 0.25) is 0 Å². The molecule has 1 fully saturated rings. The Hall–Kier alpha value is 0.830. The van der Waals surface area contributed by atoms with Gasteiger partial charge in [-0.05, 0) is 13.3 Å². The maximum Gasteiger partial charge on any atom is 0.102 e. The third-order valence-corrected chi connectivity index (χ3v) is 6.10. The van der Waals surface area contributed by atoms with Crippen LogP contribution in [-0.2, 0) is 4.57 Å². The van der Waals surface area contributed by atoms with Crippen molar-refractivity contribution in [1.29, 1.82) is 0 Å². The third-order valence-electron chi connectivity index (χ3n) is 1.78. The topological polar surface area (TPSA) is 43.1 Å². The van der Waals surface area contributed by atoms with Crippen molar-refractivity contribution >= 4 is 31.3 Å². The van der Waals surface area contributed by atoms with E-state index in [0.29, 0.717) is 0 Å². The van der Waals surface area contributed by atoms with Crippen LogP contribution in [0.3, 0.4) is 0 Å². The number of halogens is 1. The molecule has 0 aromatic heterocycles. The zero-order valence-corrected chi connectivity index (χ0v) is 8.69. The molecule has 1 aliphatic heterocycles. The molecular weight excluding hydrogens is 189 g/mol. The lowest BCUT2D eigenvalue weighted by Crippen LogP contribution is -2.51. The van der Waals surface area contributed by atoms with Crippen molar-refractivity contribution in [1.82, 2.24) is 0 Å². The molecule has 62 valence electrons. The maximum absolute atomic E-state index is 11.4. The minimum Gasteiger partial charge on any atom is -0.322 e. The van der Waals surface area contributed by atoms with Crippen LogP contribution in [0.1, 0.15) is 0 Å². The fraction of sp³-hybridized carbons (Fsp3) is 1.00. The predicted molar refractivity (Wildman–Crippen MR) is 50.9 cm³/mol. The van der Waals surface area contributed by atoms with Crippen molar-refractivity contribution in [2.24, 2.45) is 5.73 Å². The first-order chi connectivity index (χ1) is 3.96. The first-order valence-corrected chi connectivity index (χ1v) is 6.63. The quantitative estimate of drug-likeness (QED) is 0.653. The van der Waals surface area contributed by atoms with Crippen LogP contribution in [0.4, 0.5) is 0 Å². The van der Waals surface area contributed by atoms with E-state index in [1.807, 2.05) is 0 Å². The van der Waals surface area contributed by atoms with E-state index < -0.39 is 7.14 Å². The molecule has 0 unspecified atom stereocenters. The fourth-order valence-corrected chi connectivity index (χ4v) is 4.28. The Morgan fingerprint density at radius 1 is 1.50 bits per heavy atom. The van der Waals surface area contributed by atoms with Gasteiger partial charge in [-0.25, -0.2) is 0 Å². The average Bonchev–Trinajstić information content (AvgIpc) is 1.57. The Labute approximate surface area is 72.1 Å². The second kappa shape index (κ2) is 3.06. The average molecular weight is 202 g/mol. The van der Waals surface area contributed by atoms with Gasteiger partial charge in [0.15, 0.2) is 0 Å². The number of hydrogen-bond donors (Lipinski definition) is 1. The van der Waals surface area contributed by atoms with E-state index >= 15 is 0 Å². The van der Waals surface area contributed by atoms with Crippen LogP contribution in [0.15, 0.2) is 0 Å². The van der Waals surface area contributed by atoms with Crippen LogP contribution >= 0.6 is 31.3 Å². The molecular formula is C5H13ClNOPS. The zero-order chi connectivity index (χ0) is 7.12. The van der Waals surface area contributed by atoms with Gasteiger partial charge in [0, 0.05) is 11.5 Å². The van der Waals surface area contributed by atoms with Gasteiger partial charge in [-0.15, -0.1) is 12.4 Å². The second-order valence-electron chi connectivity index (χ2n) is 2.95. The number of rotatable bonds is 1. The highest BCUT2D eigenvalue weighted by molar-refractivity contribution is 8.02. The summed E-state index contributed by atoms with van der Waals surface area (Å²) in [6, 6.07) is 0. The van der Waals surface area contributed by atoms with Crippen molar-refractivity contribution in [3.05, 3.63) is 0 Å². The molecule has 2 N–H and O–H groups in total. The number of nitrogens with two attached hydrogens (primary N) is 1. The summed E-state index contributed by atoms with van der Waals surface area (Å²) < 4.78 is 11.4. The van der Waals surface area contributed by atoms with Crippen molar-refractivity contribution in [3.63, 3.8) is 0 Å². The summed E-state index contributed by atoms with van der Waals surface area (Å²) in [6.07, 6.45) is 0. The molecule has 1 rings (SSSR count). The van der Waals surface area contributed by atoms with E-state index in [1.165, 1.54) is 0 Å². The molecule has 2 nitrogen and oxygen atoms in total. The van der Waals surface area contributed by atoms with Crippen LogP contribution in [-0.4, -0.2) is 30.1 Å². The van der Waals surface area contributed by atoms with Crippen molar-refractivity contribution < 1.29 is 4.57 Å². The highest BCUT2D eigenvalue weighted by Gasteiger charge is 2.43. The highest BCUT2D eigenvalue weighted by Crippen LogP contribution is 2.55. The van der Waals surface area contributed by atoms with Crippen LogP contribution in [0.2, 0.25) is 0 Å². The minimum atomic E-state index is -2.02. The van der Waals surface area contributed by atoms with Gasteiger partial charge in [-0.1, -0.05) is 0 Å². The van der Waals surface area contributed by atoms with E-state index in [-0.39, 0.29) is 17.7 Å². The van der Waals surface area contributed by atoms with Gasteiger partial charge in [0.25, 0.3) is 0 Å². The van der Waals surface area contributed by atoms with E-state index in [0.717, 1.165) is 11.5 Å². The molecule has 0 aromatic rings. The Balaban J connectivity index is 0.000000810. The van der Waals surface area contributed by atoms with Crippen molar-refractivity contribution in [2.75, 3.05) is 24.8 Å². The standard InChI is InChI=1S/C5H12NOPS.ClH/c1-8(2,7)5(6)3-9-4-5;/h3-4,6H2,1-2H3;1H. The Morgan fingerprint density at radius 3 is 1.90 bits per heavy atom. The molecule has 0 aliphatic carbocycles. The number of thioether (sulfide) groups is 1. The highest BCUT2D eigenvalue weighted by atomic mass is 35.5. The monoisotopic (exact) mass is 201 g/mol. The van der Waals surface area contributed by atoms with Crippen LogP contribution in [0, 0.1) is 0 Å². The maximum atomic E-state index is 11.4. The van der Waals surface area contributed by atoms with E-state index in [1.54, 1.807) is 25.1 Å². The SMILES string of the molecule is CP(C)(=O)C1(N)CSC1.Cl. The Bertz CT molecular complexity index is 165. The second-order valence-corrected chi connectivity index (χ2v) is 7.53. The fourth-order valence-electron chi connectivity index (χ4n) is 0.622. The van der Waals surface area contributed by atoms with Gasteiger partial charge in [0.05, 0.1) is 5.28 Å². The normalized spacial score (nSPS) is 22.7. The van der Waals surface area contributed by atoms with Crippen LogP contribution in [0.25, 0.3) is 0 Å². The first kappa shape index (κ1) is 10.8. The summed E-state index contributed by atoms with van der Waals surface area (Å²) in [5.41, 5.74) is 5.80. The smallest absolute Gasteiger partial charge is 0.102 e. The Morgan fingerprint density at radius 2 is 1.90 bits per heavy atom. The van der Waals surface area contributed by atoms with E-state index in [4.69, 9.17) is 5.73 Å². The van der Waals surface area contributed by atoms with Gasteiger partial charge in [-0.3, -0.25) is 0 Å². The molecule has 0 saturated carbocycles. The largest absolute Gasteiger partial charge is 0.322 e. The minimum absolute atomic E-state index is 0. The summed E-state index contributed by atoms with van der Waals surface area (Å²) in [5, 5.41) is -0.322. The summed E-state index contributed by atoms with van der Waals surface area (Å²) in [5.74, 6) is 1.74. The molecule has 5 heteroatoms.